The van der Waals surface area contributed by atoms with E-state index < -0.39 is 0 Å². The van der Waals surface area contributed by atoms with Crippen molar-refractivity contribution in [3.05, 3.63) is 34.1 Å². The number of hydrogen-bond acceptors (Lipinski definition) is 2. The van der Waals surface area contributed by atoms with Crippen molar-refractivity contribution in [2.75, 3.05) is 13.2 Å². The van der Waals surface area contributed by atoms with E-state index in [1.54, 1.807) is 6.07 Å². The highest BCUT2D eigenvalue weighted by molar-refractivity contribution is 9.10. The highest BCUT2D eigenvalue weighted by atomic mass is 79.9. The van der Waals surface area contributed by atoms with Crippen LogP contribution in [0.25, 0.3) is 0 Å². The largest absolute Gasteiger partial charge is 0.374 e. The zero-order valence-electron chi connectivity index (χ0n) is 12.9. The van der Waals surface area contributed by atoms with Gasteiger partial charge in [-0.15, -0.1) is 0 Å². The van der Waals surface area contributed by atoms with Gasteiger partial charge in [-0.3, -0.25) is 0 Å². The Bertz CT molecular complexity index is 460. The van der Waals surface area contributed by atoms with Gasteiger partial charge in [0.1, 0.15) is 5.82 Å². The lowest BCUT2D eigenvalue weighted by Crippen LogP contribution is -2.53. The Morgan fingerprint density at radius 3 is 2.90 bits per heavy atom. The zero-order chi connectivity index (χ0) is 15.3. The first-order chi connectivity index (χ1) is 10.0. The van der Waals surface area contributed by atoms with Gasteiger partial charge in [-0.1, -0.05) is 22.9 Å². The summed E-state index contributed by atoms with van der Waals surface area (Å²) in [4.78, 5) is 0. The second-order valence-electron chi connectivity index (χ2n) is 6.06. The first-order valence-electron chi connectivity index (χ1n) is 7.86. The van der Waals surface area contributed by atoms with E-state index in [1.165, 1.54) is 12.5 Å². The summed E-state index contributed by atoms with van der Waals surface area (Å²) >= 11 is 3.43. The van der Waals surface area contributed by atoms with Gasteiger partial charge >= 0.3 is 0 Å². The van der Waals surface area contributed by atoms with Crippen molar-refractivity contribution in [3.63, 3.8) is 0 Å². The first kappa shape index (κ1) is 16.9. The molecule has 0 aliphatic carbocycles. The number of ether oxygens (including phenoxy) is 1. The van der Waals surface area contributed by atoms with Gasteiger partial charge in [0.05, 0.1) is 5.60 Å². The van der Waals surface area contributed by atoms with Gasteiger partial charge in [-0.2, -0.15) is 0 Å². The summed E-state index contributed by atoms with van der Waals surface area (Å²) in [5.41, 5.74) is 0.538. The summed E-state index contributed by atoms with van der Waals surface area (Å²) in [5.74, 6) is -0.138. The maximum absolute atomic E-state index is 14.1. The fourth-order valence-corrected chi connectivity index (χ4v) is 3.38. The van der Waals surface area contributed by atoms with Gasteiger partial charge < -0.3 is 10.1 Å². The molecule has 1 heterocycles. The third-order valence-electron chi connectivity index (χ3n) is 4.31. The molecule has 0 amide bonds. The molecule has 1 aromatic carbocycles. The lowest BCUT2D eigenvalue weighted by Gasteiger charge is -2.41. The van der Waals surface area contributed by atoms with Crippen molar-refractivity contribution in [1.29, 1.82) is 0 Å². The van der Waals surface area contributed by atoms with Crippen LogP contribution >= 0.6 is 15.9 Å². The average molecular weight is 358 g/mol. The van der Waals surface area contributed by atoms with Gasteiger partial charge in [-0.25, -0.2) is 4.39 Å². The minimum atomic E-state index is -0.206. The molecule has 4 heteroatoms. The van der Waals surface area contributed by atoms with Crippen LogP contribution in [0.15, 0.2) is 22.7 Å². The molecule has 0 saturated carbocycles. The zero-order valence-corrected chi connectivity index (χ0v) is 14.5. The molecule has 2 atom stereocenters. The normalized spacial score (nSPS) is 24.0. The topological polar surface area (TPSA) is 21.3 Å². The number of hydrogen-bond donors (Lipinski definition) is 1. The lowest BCUT2D eigenvalue weighted by atomic mass is 9.84. The van der Waals surface area contributed by atoms with E-state index in [1.807, 2.05) is 6.07 Å². The Labute approximate surface area is 135 Å². The van der Waals surface area contributed by atoms with Crippen molar-refractivity contribution in [3.8, 4) is 0 Å². The highest BCUT2D eigenvalue weighted by Crippen LogP contribution is 2.30. The minimum Gasteiger partial charge on any atom is -0.374 e. The Kier molecular flexibility index (Phi) is 6.20. The molecule has 0 aromatic heterocycles. The number of benzene rings is 1. The molecular weight excluding hydrogens is 333 g/mol. The molecule has 1 N–H and O–H groups in total. The molecule has 0 bridgehead atoms. The van der Waals surface area contributed by atoms with Crippen LogP contribution in [-0.4, -0.2) is 24.8 Å². The fraction of sp³-hybridized carbons (Fsp3) is 0.647. The maximum Gasteiger partial charge on any atom is 0.126 e. The Hall–Kier alpha value is -0.450. The molecule has 0 spiro atoms. The van der Waals surface area contributed by atoms with Crippen molar-refractivity contribution in [2.45, 2.75) is 57.6 Å². The van der Waals surface area contributed by atoms with E-state index in [0.29, 0.717) is 6.42 Å². The molecule has 2 rings (SSSR count). The van der Waals surface area contributed by atoms with Gasteiger partial charge in [0.15, 0.2) is 0 Å². The summed E-state index contributed by atoms with van der Waals surface area (Å²) in [6, 6.07) is 5.29. The Morgan fingerprint density at radius 1 is 1.43 bits per heavy atom. The highest BCUT2D eigenvalue weighted by Gasteiger charge is 2.36. The number of rotatable bonds is 6. The molecule has 21 heavy (non-hydrogen) atoms. The average Bonchev–Trinajstić information content (AvgIpc) is 2.47. The van der Waals surface area contributed by atoms with E-state index in [2.05, 4.69) is 35.1 Å². The van der Waals surface area contributed by atoms with E-state index in [4.69, 9.17) is 4.74 Å². The molecule has 1 aromatic rings. The van der Waals surface area contributed by atoms with Gasteiger partial charge in [0, 0.05) is 17.1 Å². The second kappa shape index (κ2) is 7.70. The van der Waals surface area contributed by atoms with Crippen LogP contribution in [0.3, 0.4) is 0 Å². The van der Waals surface area contributed by atoms with Crippen LogP contribution in [-0.2, 0) is 11.2 Å². The minimum absolute atomic E-state index is 0.138. The Morgan fingerprint density at radius 2 is 2.24 bits per heavy atom. The van der Waals surface area contributed by atoms with E-state index in [0.717, 1.165) is 42.5 Å². The second-order valence-corrected chi connectivity index (χ2v) is 6.98. The molecule has 118 valence electrons. The molecule has 2 unspecified atom stereocenters. The number of halogens is 2. The predicted molar refractivity (Wildman–Crippen MR) is 88.1 cm³/mol. The van der Waals surface area contributed by atoms with Crippen molar-refractivity contribution < 1.29 is 9.13 Å². The quantitative estimate of drug-likeness (QED) is 0.811. The van der Waals surface area contributed by atoms with E-state index >= 15 is 0 Å². The van der Waals surface area contributed by atoms with Crippen LogP contribution in [0.1, 0.15) is 45.1 Å². The number of nitrogens with one attached hydrogen (secondary N) is 1. The van der Waals surface area contributed by atoms with Crippen LogP contribution in [0.2, 0.25) is 0 Å². The fourth-order valence-electron chi connectivity index (χ4n) is 2.97. The molecule has 1 aliphatic rings. The van der Waals surface area contributed by atoms with Crippen molar-refractivity contribution in [2.24, 2.45) is 0 Å². The van der Waals surface area contributed by atoms with Gasteiger partial charge in [-0.05, 0) is 69.3 Å². The predicted octanol–water partition coefficient (Wildman–Crippen LogP) is 4.46. The first-order valence-corrected chi connectivity index (χ1v) is 8.66. The third kappa shape index (κ3) is 4.51. The van der Waals surface area contributed by atoms with Crippen LogP contribution in [0.5, 0.6) is 0 Å². The smallest absolute Gasteiger partial charge is 0.126 e. The Balaban J connectivity index is 2.17. The molecule has 1 fully saturated rings. The van der Waals surface area contributed by atoms with Crippen molar-refractivity contribution >= 4 is 15.9 Å². The molecular formula is C17H25BrFNO. The molecule has 1 saturated heterocycles. The van der Waals surface area contributed by atoms with Crippen LogP contribution in [0, 0.1) is 5.82 Å². The van der Waals surface area contributed by atoms with E-state index in [9.17, 15) is 4.39 Å². The molecule has 1 aliphatic heterocycles. The standard InChI is InChI=1S/C17H25BrFNO/c1-3-9-20-16(17(2)8-4-5-10-21-17)12-13-11-14(18)6-7-15(13)19/h6-7,11,16,20H,3-5,8-10,12H2,1-2H3. The summed E-state index contributed by atoms with van der Waals surface area (Å²) in [6.07, 6.45) is 5.06. The summed E-state index contributed by atoms with van der Waals surface area (Å²) in [5, 5.41) is 3.57. The van der Waals surface area contributed by atoms with E-state index in [-0.39, 0.29) is 17.5 Å². The van der Waals surface area contributed by atoms with Crippen LogP contribution in [0.4, 0.5) is 4.39 Å². The molecule has 2 nitrogen and oxygen atoms in total. The van der Waals surface area contributed by atoms with Crippen LogP contribution < -0.4 is 5.32 Å². The third-order valence-corrected chi connectivity index (χ3v) is 4.80. The summed E-state index contributed by atoms with van der Waals surface area (Å²) in [6.45, 7) is 6.05. The molecule has 0 radical (unpaired) electrons. The van der Waals surface area contributed by atoms with Gasteiger partial charge in [0.25, 0.3) is 0 Å². The summed E-state index contributed by atoms with van der Waals surface area (Å²) < 4.78 is 21.0. The SMILES string of the molecule is CCCNC(Cc1cc(Br)ccc1F)C1(C)CCCCO1. The van der Waals surface area contributed by atoms with Crippen molar-refractivity contribution in [1.82, 2.24) is 5.32 Å². The lowest BCUT2D eigenvalue weighted by molar-refractivity contribution is -0.0884. The van der Waals surface area contributed by atoms with Gasteiger partial charge in [0.2, 0.25) is 0 Å². The monoisotopic (exact) mass is 357 g/mol. The summed E-state index contributed by atoms with van der Waals surface area (Å²) in [7, 11) is 0. The maximum atomic E-state index is 14.1.